The third kappa shape index (κ3) is 4.68. The average molecular weight is 305 g/mol. The molecule has 0 bridgehead atoms. The van der Waals surface area contributed by atoms with Crippen LogP contribution >= 0.6 is 0 Å². The van der Waals surface area contributed by atoms with Gasteiger partial charge in [-0.25, -0.2) is 4.99 Å². The van der Waals surface area contributed by atoms with Crippen molar-refractivity contribution in [2.45, 2.75) is 47.0 Å². The van der Waals surface area contributed by atoms with E-state index < -0.39 is 0 Å². The van der Waals surface area contributed by atoms with Crippen LogP contribution < -0.4 is 0 Å². The first-order valence-electron chi connectivity index (χ1n) is 8.34. The quantitative estimate of drug-likeness (QED) is 0.573. The highest BCUT2D eigenvalue weighted by Crippen LogP contribution is 2.30. The zero-order valence-corrected chi connectivity index (χ0v) is 14.9. The van der Waals surface area contributed by atoms with Crippen molar-refractivity contribution in [2.75, 3.05) is 0 Å². The van der Waals surface area contributed by atoms with Crippen LogP contribution in [0.3, 0.4) is 0 Å². The van der Waals surface area contributed by atoms with Gasteiger partial charge in [0.05, 0.1) is 5.69 Å². The Labute approximate surface area is 140 Å². The molecule has 0 radical (unpaired) electrons. The van der Waals surface area contributed by atoms with Crippen LogP contribution in [0, 0.1) is 5.41 Å². The van der Waals surface area contributed by atoms with Crippen molar-refractivity contribution in [3.8, 4) is 0 Å². The summed E-state index contributed by atoms with van der Waals surface area (Å²) < 4.78 is 0. The second kappa shape index (κ2) is 7.44. The lowest BCUT2D eigenvalue weighted by molar-refractivity contribution is 0.449. The minimum Gasteiger partial charge on any atom is -0.206 e. The summed E-state index contributed by atoms with van der Waals surface area (Å²) >= 11 is 0. The van der Waals surface area contributed by atoms with E-state index in [0.29, 0.717) is 5.92 Å². The molecule has 0 spiro atoms. The molecule has 120 valence electrons. The highest BCUT2D eigenvalue weighted by Gasteiger charge is 2.21. The predicted octanol–water partition coefficient (Wildman–Crippen LogP) is 6.33. The van der Waals surface area contributed by atoms with Crippen molar-refractivity contribution in [2.24, 2.45) is 10.4 Å². The molecule has 0 aliphatic rings. The maximum Gasteiger partial charge on any atom is 0.0764 e. The Kier molecular flexibility index (Phi) is 5.58. The fraction of sp³-hybridized carbons (Fsp3) is 0.364. The molecule has 2 aromatic carbocycles. The van der Waals surface area contributed by atoms with Gasteiger partial charge in [0.1, 0.15) is 0 Å². The van der Waals surface area contributed by atoms with Gasteiger partial charge in [0.2, 0.25) is 0 Å². The normalized spacial score (nSPS) is 11.2. The van der Waals surface area contributed by atoms with Gasteiger partial charge in [-0.05, 0) is 53.3 Å². The largest absolute Gasteiger partial charge is 0.206 e. The summed E-state index contributed by atoms with van der Waals surface area (Å²) in [5.41, 5.74) is 4.87. The molecule has 0 aliphatic heterocycles. The van der Waals surface area contributed by atoms with E-state index >= 15 is 0 Å². The average Bonchev–Trinajstić information content (AvgIpc) is 2.53. The Morgan fingerprint density at radius 2 is 1.61 bits per heavy atom. The number of aliphatic imine (C=N–C) groups is 1. The third-order valence-corrected chi connectivity index (χ3v) is 4.41. The second-order valence-electron chi connectivity index (χ2n) is 7.11. The van der Waals surface area contributed by atoms with Crippen LogP contribution in [0.4, 0.5) is 5.69 Å². The fourth-order valence-corrected chi connectivity index (χ4v) is 2.61. The molecule has 0 N–H and O–H groups in total. The van der Waals surface area contributed by atoms with E-state index in [1.165, 1.54) is 16.7 Å². The summed E-state index contributed by atoms with van der Waals surface area (Å²) in [4.78, 5) is 4.65. The summed E-state index contributed by atoms with van der Waals surface area (Å²) in [7, 11) is 0. The second-order valence-corrected chi connectivity index (χ2v) is 7.11. The minimum atomic E-state index is 0.0393. The lowest BCUT2D eigenvalue weighted by Crippen LogP contribution is -2.17. The van der Waals surface area contributed by atoms with Gasteiger partial charge in [-0.2, -0.15) is 0 Å². The molecule has 0 saturated carbocycles. The van der Waals surface area contributed by atoms with Crippen LogP contribution in [-0.2, 0) is 6.42 Å². The Morgan fingerprint density at radius 3 is 2.26 bits per heavy atom. The summed E-state index contributed by atoms with van der Waals surface area (Å²) in [6.45, 7) is 11.0. The van der Waals surface area contributed by atoms with Crippen LogP contribution in [0.15, 0.2) is 65.2 Å². The Hall–Kier alpha value is -2.11. The number of hydrogen-bond acceptors (Lipinski definition) is 1. The first-order valence-corrected chi connectivity index (χ1v) is 8.34. The molecule has 0 aromatic heterocycles. The Balaban J connectivity index is 2.27. The van der Waals surface area contributed by atoms with Crippen LogP contribution in [0.25, 0.3) is 0 Å². The smallest absolute Gasteiger partial charge is 0.0764 e. The van der Waals surface area contributed by atoms with Crippen LogP contribution in [0.1, 0.15) is 51.7 Å². The van der Waals surface area contributed by atoms with Gasteiger partial charge in [0, 0.05) is 0 Å². The molecule has 2 rings (SSSR count). The zero-order chi connectivity index (χ0) is 16.9. The molecule has 23 heavy (non-hydrogen) atoms. The summed E-state index contributed by atoms with van der Waals surface area (Å²) in [5.74, 6) is 3.76. The molecule has 1 heteroatoms. The number of rotatable bonds is 5. The standard InChI is InChI=1S/C22H27N/c1-17(2)20-13-9-10-14-21(20)23-16-18(3)22(4,5)15-19-11-7-6-8-12-19/h6-14,17H,15H2,1-5H3. The summed E-state index contributed by atoms with van der Waals surface area (Å²) in [5, 5.41) is 0. The predicted molar refractivity (Wildman–Crippen MR) is 101 cm³/mol. The van der Waals surface area contributed by atoms with Crippen molar-refractivity contribution >= 4 is 11.6 Å². The topological polar surface area (TPSA) is 12.4 Å². The van der Waals surface area contributed by atoms with E-state index in [9.17, 15) is 0 Å². The highest BCUT2D eigenvalue weighted by molar-refractivity contribution is 5.65. The molecule has 1 nitrogen and oxygen atoms in total. The molecular formula is C22H27N. The Bertz CT molecular complexity index is 702. The number of hydrogen-bond donors (Lipinski definition) is 0. The van der Waals surface area contributed by atoms with E-state index in [-0.39, 0.29) is 5.41 Å². The fourth-order valence-electron chi connectivity index (χ4n) is 2.61. The molecule has 0 fully saturated rings. The summed E-state index contributed by atoms with van der Waals surface area (Å²) in [6.07, 6.45) is 0.994. The van der Waals surface area contributed by atoms with E-state index in [1.807, 2.05) is 6.07 Å². The van der Waals surface area contributed by atoms with Crippen LogP contribution in [0.2, 0.25) is 0 Å². The molecule has 0 saturated heterocycles. The number of para-hydroxylation sites is 1. The van der Waals surface area contributed by atoms with E-state index in [4.69, 9.17) is 0 Å². The third-order valence-electron chi connectivity index (χ3n) is 4.41. The maximum absolute atomic E-state index is 4.65. The zero-order valence-electron chi connectivity index (χ0n) is 14.9. The summed E-state index contributed by atoms with van der Waals surface area (Å²) in [6, 6.07) is 18.9. The van der Waals surface area contributed by atoms with Crippen molar-refractivity contribution < 1.29 is 0 Å². The highest BCUT2D eigenvalue weighted by atomic mass is 14.7. The number of benzene rings is 2. The monoisotopic (exact) mass is 305 g/mol. The maximum atomic E-state index is 4.65. The number of allylic oxidation sites excluding steroid dienone is 1. The van der Waals surface area contributed by atoms with Gasteiger partial charge in [-0.3, -0.25) is 0 Å². The van der Waals surface area contributed by atoms with Gasteiger partial charge in [-0.1, -0.05) is 76.2 Å². The van der Waals surface area contributed by atoms with Crippen molar-refractivity contribution in [1.29, 1.82) is 0 Å². The van der Waals surface area contributed by atoms with E-state index in [1.54, 1.807) is 0 Å². The van der Waals surface area contributed by atoms with Gasteiger partial charge < -0.3 is 0 Å². The van der Waals surface area contributed by atoms with Crippen LogP contribution in [-0.4, -0.2) is 5.87 Å². The van der Waals surface area contributed by atoms with Crippen LogP contribution in [0.5, 0.6) is 0 Å². The molecule has 0 heterocycles. The Morgan fingerprint density at radius 1 is 1.00 bits per heavy atom. The molecular weight excluding hydrogens is 278 g/mol. The lowest BCUT2D eigenvalue weighted by Gasteiger charge is -2.24. The minimum absolute atomic E-state index is 0.0393. The van der Waals surface area contributed by atoms with Crippen molar-refractivity contribution in [3.63, 3.8) is 0 Å². The molecule has 0 amide bonds. The van der Waals surface area contributed by atoms with Gasteiger partial charge in [0.25, 0.3) is 0 Å². The first kappa shape index (κ1) is 17.2. The van der Waals surface area contributed by atoms with Gasteiger partial charge in [0.15, 0.2) is 0 Å². The van der Waals surface area contributed by atoms with E-state index in [0.717, 1.165) is 12.1 Å². The number of nitrogens with zero attached hydrogens (tertiary/aromatic N) is 1. The molecule has 0 aliphatic carbocycles. The van der Waals surface area contributed by atoms with E-state index in [2.05, 4.69) is 94.0 Å². The van der Waals surface area contributed by atoms with Crippen molar-refractivity contribution in [3.05, 3.63) is 71.3 Å². The first-order chi connectivity index (χ1) is 10.9. The SMILES string of the molecule is CC(=C=Nc1ccccc1C(C)C)C(C)(C)Cc1ccccc1. The van der Waals surface area contributed by atoms with Crippen molar-refractivity contribution in [1.82, 2.24) is 0 Å². The molecule has 0 unspecified atom stereocenters. The van der Waals surface area contributed by atoms with Gasteiger partial charge in [-0.15, -0.1) is 0 Å². The van der Waals surface area contributed by atoms with Gasteiger partial charge >= 0.3 is 0 Å². The molecule has 2 aromatic rings. The molecule has 0 atom stereocenters. The lowest BCUT2D eigenvalue weighted by atomic mass is 9.80.